The number of likely N-dealkylation sites (tertiary alicyclic amines) is 1. The van der Waals surface area contributed by atoms with Gasteiger partial charge < -0.3 is 35.0 Å². The Bertz CT molecular complexity index is 1540. The molecule has 7 rings (SSSR count). The molecule has 2 saturated heterocycles. The van der Waals surface area contributed by atoms with E-state index in [-0.39, 0.29) is 53.3 Å². The second-order valence-electron chi connectivity index (χ2n) is 15.0. The highest BCUT2D eigenvalue weighted by Crippen LogP contribution is 2.65. The molecular weight excluding hydrogens is 733 g/mol. The average Bonchev–Trinajstić information content (AvgIpc) is 3.75. The molecule has 2 aliphatic heterocycles. The van der Waals surface area contributed by atoms with E-state index in [9.17, 15) is 14.4 Å². The van der Waals surface area contributed by atoms with E-state index in [1.807, 2.05) is 60.7 Å². The zero-order valence-electron chi connectivity index (χ0n) is 29.7. The number of benzene rings is 2. The van der Waals surface area contributed by atoms with E-state index in [2.05, 4.69) is 36.8 Å². The summed E-state index contributed by atoms with van der Waals surface area (Å²) >= 11 is 5.28. The van der Waals surface area contributed by atoms with Gasteiger partial charge in [0.05, 0.1) is 22.6 Å². The minimum atomic E-state index is -0.922. The number of rotatable bonds is 13. The van der Waals surface area contributed by atoms with E-state index < -0.39 is 36.8 Å². The first kappa shape index (κ1) is 39.2. The Kier molecular flexibility index (Phi) is 12.9. The van der Waals surface area contributed by atoms with Crippen molar-refractivity contribution >= 4 is 59.2 Å². The van der Waals surface area contributed by atoms with Crippen molar-refractivity contribution in [3.63, 3.8) is 0 Å². The van der Waals surface area contributed by atoms with E-state index in [1.54, 1.807) is 4.90 Å². The Labute approximate surface area is 317 Å². The molecule has 5 fully saturated rings. The van der Waals surface area contributed by atoms with Crippen LogP contribution in [0.3, 0.4) is 0 Å². The van der Waals surface area contributed by atoms with Gasteiger partial charge in [0.2, 0.25) is 11.8 Å². The molecule has 3 aliphatic carbocycles. The molecule has 3 unspecified atom stereocenters. The summed E-state index contributed by atoms with van der Waals surface area (Å²) in [5, 5.41) is 6.03. The van der Waals surface area contributed by atoms with Crippen LogP contribution in [0.25, 0.3) is 0 Å². The molecule has 11 nitrogen and oxygen atoms in total. The quantitative estimate of drug-likeness (QED) is 0.0975. The Hall–Kier alpha value is -3.04. The SMILES string of the molecule is Br.CC1(C)C2CC1[C@]1(C)OB(C(CCCC(=S)NN)NC(=O)[C@@H]3CCCN3C(=O)[C@H](Cc3ccccc3)NC(=O)OCc3ccccc3)O[C@@H]1C2. The molecule has 2 heterocycles. The van der Waals surface area contributed by atoms with Crippen molar-refractivity contribution in [3.05, 3.63) is 71.8 Å². The average molecular weight is 785 g/mol. The molecule has 2 bridgehead atoms. The molecule has 5 N–H and O–H groups in total. The molecule has 0 spiro atoms. The third-order valence-corrected chi connectivity index (χ3v) is 12.0. The topological polar surface area (TPSA) is 144 Å². The van der Waals surface area contributed by atoms with Crippen LogP contribution in [-0.2, 0) is 36.7 Å². The van der Waals surface area contributed by atoms with Crippen LogP contribution in [-0.4, -0.2) is 71.2 Å². The van der Waals surface area contributed by atoms with Gasteiger partial charge in [-0.3, -0.25) is 15.4 Å². The summed E-state index contributed by atoms with van der Waals surface area (Å²) in [6.45, 7) is 7.27. The number of hydrogen-bond acceptors (Lipinski definition) is 8. The van der Waals surface area contributed by atoms with Gasteiger partial charge in [-0.1, -0.05) is 86.7 Å². The number of nitrogens with zero attached hydrogens (tertiary/aromatic N) is 1. The largest absolute Gasteiger partial charge is 0.481 e. The van der Waals surface area contributed by atoms with Crippen molar-refractivity contribution in [1.82, 2.24) is 21.0 Å². The maximum atomic E-state index is 14.2. The summed E-state index contributed by atoms with van der Waals surface area (Å²) in [7, 11) is -0.624. The molecule has 0 aromatic heterocycles. The number of carbonyl (C=O) groups is 3. The van der Waals surface area contributed by atoms with Gasteiger partial charge in [-0.15, -0.1) is 17.0 Å². The molecule has 5 aliphatic rings. The zero-order valence-corrected chi connectivity index (χ0v) is 32.2. The molecule has 2 aromatic rings. The Morgan fingerprint density at radius 1 is 1.04 bits per heavy atom. The fourth-order valence-corrected chi connectivity index (χ4v) is 8.79. The number of halogens is 1. The molecule has 7 atom stereocenters. The Morgan fingerprint density at radius 2 is 1.73 bits per heavy atom. The summed E-state index contributed by atoms with van der Waals surface area (Å²) < 4.78 is 18.8. The summed E-state index contributed by atoms with van der Waals surface area (Å²) in [4.78, 5) is 43.4. The van der Waals surface area contributed by atoms with E-state index in [4.69, 9.17) is 32.1 Å². The molecule has 3 amide bonds. The monoisotopic (exact) mass is 783 g/mol. The van der Waals surface area contributed by atoms with Crippen molar-refractivity contribution in [1.29, 1.82) is 0 Å². The number of alkyl carbamates (subject to hydrolysis) is 1. The maximum absolute atomic E-state index is 14.2. The number of amides is 3. The van der Waals surface area contributed by atoms with Gasteiger partial charge in [0, 0.05) is 13.0 Å². The van der Waals surface area contributed by atoms with E-state index in [1.165, 1.54) is 0 Å². The molecule has 2 aromatic carbocycles. The van der Waals surface area contributed by atoms with E-state index in [0.717, 1.165) is 24.0 Å². The second kappa shape index (κ2) is 16.8. The van der Waals surface area contributed by atoms with E-state index in [0.29, 0.717) is 55.5 Å². The van der Waals surface area contributed by atoms with Crippen molar-refractivity contribution < 1.29 is 28.4 Å². The summed E-state index contributed by atoms with van der Waals surface area (Å²) in [6.07, 6.45) is 4.54. The zero-order chi connectivity index (χ0) is 35.5. The van der Waals surface area contributed by atoms with Crippen LogP contribution < -0.4 is 21.9 Å². The van der Waals surface area contributed by atoms with Crippen molar-refractivity contribution in [2.75, 3.05) is 6.54 Å². The van der Waals surface area contributed by atoms with Crippen LogP contribution in [0.15, 0.2) is 60.7 Å². The third-order valence-electron chi connectivity index (χ3n) is 11.6. The third kappa shape index (κ3) is 8.62. The molecule has 14 heteroatoms. The Balaban J connectivity index is 0.00000504. The highest BCUT2D eigenvalue weighted by molar-refractivity contribution is 8.93. The van der Waals surface area contributed by atoms with E-state index >= 15 is 0 Å². The van der Waals surface area contributed by atoms with Crippen LogP contribution in [0.5, 0.6) is 0 Å². The normalized spacial score (nSPS) is 26.8. The molecule has 276 valence electrons. The number of thiocarbonyl (C=S) groups is 1. The van der Waals surface area contributed by atoms with Crippen molar-refractivity contribution in [2.45, 2.75) is 108 Å². The minimum absolute atomic E-state index is 0. The lowest BCUT2D eigenvalue weighted by atomic mass is 9.43. The molecule has 3 saturated carbocycles. The Morgan fingerprint density at radius 3 is 2.39 bits per heavy atom. The smallest absolute Gasteiger partial charge is 0.445 e. The van der Waals surface area contributed by atoms with Crippen LogP contribution in [0.2, 0.25) is 0 Å². The minimum Gasteiger partial charge on any atom is -0.445 e. The predicted molar refractivity (Wildman–Crippen MR) is 205 cm³/mol. The predicted octanol–water partition coefficient (Wildman–Crippen LogP) is 4.81. The molecule has 0 radical (unpaired) electrons. The lowest BCUT2D eigenvalue weighted by Crippen LogP contribution is -2.65. The van der Waals surface area contributed by atoms with Crippen LogP contribution in [0.1, 0.15) is 76.8 Å². The molecular formula is C37H51BBrN5O6S. The summed E-state index contributed by atoms with van der Waals surface area (Å²) in [5.41, 5.74) is 4.01. The highest BCUT2D eigenvalue weighted by Gasteiger charge is 2.68. The van der Waals surface area contributed by atoms with Gasteiger partial charge in [-0.2, -0.15) is 0 Å². The van der Waals surface area contributed by atoms with Gasteiger partial charge in [0.25, 0.3) is 0 Å². The number of hydrazine groups is 1. The second-order valence-corrected chi connectivity index (χ2v) is 15.5. The summed E-state index contributed by atoms with van der Waals surface area (Å²) in [6, 6.07) is 17.2. The first-order valence-corrected chi connectivity index (χ1v) is 18.3. The van der Waals surface area contributed by atoms with Crippen molar-refractivity contribution in [3.8, 4) is 0 Å². The number of nitrogens with one attached hydrogen (secondary N) is 3. The van der Waals surface area contributed by atoms with Gasteiger partial charge in [0.1, 0.15) is 18.7 Å². The van der Waals surface area contributed by atoms with Gasteiger partial charge in [-0.05, 0) is 80.2 Å². The van der Waals surface area contributed by atoms with Gasteiger partial charge >= 0.3 is 13.2 Å². The van der Waals surface area contributed by atoms with Gasteiger partial charge in [0.15, 0.2) is 0 Å². The molecule has 51 heavy (non-hydrogen) atoms. The number of carbonyl (C=O) groups excluding carboxylic acids is 3. The fourth-order valence-electron chi connectivity index (χ4n) is 8.64. The first-order valence-electron chi connectivity index (χ1n) is 17.9. The van der Waals surface area contributed by atoms with Gasteiger partial charge in [-0.25, -0.2) is 4.79 Å². The van der Waals surface area contributed by atoms with Crippen LogP contribution in [0, 0.1) is 17.3 Å². The summed E-state index contributed by atoms with van der Waals surface area (Å²) in [5.74, 6) is 5.47. The number of ether oxygens (including phenoxy) is 1. The standard InChI is InChI=1S/C37H50BN5O6S.BrH/c1-36(2)26-21-29(36)37(3)30(22-26)48-38(49-37)31(17-10-18-32(50)42-39)41-33(44)28-16-11-19-43(28)34(45)27(20-24-12-6-4-7-13-24)40-35(46)47-23-25-14-8-5-9-15-25;/h4-9,12-15,26-31H,10-11,16-23,39H2,1-3H3,(H,40,46)(H,41,44)(H,42,50);1H/t26?,27-,28-,29?,30+,31?,37-;/m0./s1. The lowest BCUT2D eigenvalue weighted by Gasteiger charge is -2.64. The lowest BCUT2D eigenvalue weighted by molar-refractivity contribution is -0.199. The number of nitrogens with two attached hydrogens (primary N) is 1. The fraction of sp³-hybridized carbons (Fsp3) is 0.568. The highest BCUT2D eigenvalue weighted by atomic mass is 79.9. The van der Waals surface area contributed by atoms with Crippen molar-refractivity contribution in [2.24, 2.45) is 23.1 Å². The van der Waals surface area contributed by atoms with Crippen LogP contribution in [0.4, 0.5) is 4.79 Å². The van der Waals surface area contributed by atoms with Crippen LogP contribution >= 0.6 is 29.2 Å². The first-order chi connectivity index (χ1) is 24.0. The maximum Gasteiger partial charge on any atom is 0.481 e. The number of hydrogen-bond donors (Lipinski definition) is 4.